The van der Waals surface area contributed by atoms with Gasteiger partial charge in [-0.1, -0.05) is 24.3 Å². The SMILES string of the molecule is Cc1ccc(C(C)(O)Cc2nc3ccccc3s2)cc1F. The van der Waals surface area contributed by atoms with Crippen LogP contribution in [0, 0.1) is 12.7 Å². The van der Waals surface area contributed by atoms with Crippen molar-refractivity contribution in [2.75, 3.05) is 0 Å². The molecule has 108 valence electrons. The summed E-state index contributed by atoms with van der Waals surface area (Å²) in [7, 11) is 0. The van der Waals surface area contributed by atoms with E-state index in [-0.39, 0.29) is 5.82 Å². The zero-order valence-electron chi connectivity index (χ0n) is 11.9. The van der Waals surface area contributed by atoms with Crippen LogP contribution in [0.25, 0.3) is 10.2 Å². The van der Waals surface area contributed by atoms with E-state index >= 15 is 0 Å². The summed E-state index contributed by atoms with van der Waals surface area (Å²) < 4.78 is 14.8. The van der Waals surface area contributed by atoms with E-state index in [0.717, 1.165) is 15.2 Å². The molecule has 3 aromatic rings. The molecule has 0 spiro atoms. The molecule has 1 aromatic heterocycles. The van der Waals surface area contributed by atoms with Gasteiger partial charge in [-0.25, -0.2) is 9.37 Å². The Morgan fingerprint density at radius 3 is 2.71 bits per heavy atom. The zero-order chi connectivity index (χ0) is 15.0. The predicted molar refractivity (Wildman–Crippen MR) is 84.0 cm³/mol. The number of benzene rings is 2. The van der Waals surface area contributed by atoms with Crippen LogP contribution in [0.4, 0.5) is 4.39 Å². The first-order valence-corrected chi connectivity index (χ1v) is 7.61. The van der Waals surface area contributed by atoms with Crippen LogP contribution in [0.3, 0.4) is 0 Å². The molecular weight excluding hydrogens is 285 g/mol. The highest BCUT2D eigenvalue weighted by Gasteiger charge is 2.26. The molecule has 0 fully saturated rings. The van der Waals surface area contributed by atoms with Gasteiger partial charge in [-0.05, 0) is 43.2 Å². The number of aromatic nitrogens is 1. The number of aryl methyl sites for hydroxylation is 1. The molecule has 0 aliphatic heterocycles. The Labute approximate surface area is 126 Å². The predicted octanol–water partition coefficient (Wildman–Crippen LogP) is 4.19. The second-order valence-corrected chi connectivity index (χ2v) is 6.61. The van der Waals surface area contributed by atoms with Crippen LogP contribution in [-0.4, -0.2) is 10.1 Å². The Morgan fingerprint density at radius 2 is 2.00 bits per heavy atom. The van der Waals surface area contributed by atoms with Crippen molar-refractivity contribution in [3.05, 3.63) is 64.4 Å². The van der Waals surface area contributed by atoms with Crippen LogP contribution in [0.5, 0.6) is 0 Å². The lowest BCUT2D eigenvalue weighted by molar-refractivity contribution is 0.0572. The largest absolute Gasteiger partial charge is 0.385 e. The minimum atomic E-state index is -1.14. The summed E-state index contributed by atoms with van der Waals surface area (Å²) >= 11 is 1.56. The third-order valence-corrected chi connectivity index (χ3v) is 4.66. The average molecular weight is 301 g/mol. The maximum absolute atomic E-state index is 13.7. The smallest absolute Gasteiger partial charge is 0.126 e. The molecule has 0 saturated carbocycles. The van der Waals surface area contributed by atoms with Crippen LogP contribution in [-0.2, 0) is 12.0 Å². The first kappa shape index (κ1) is 14.2. The maximum Gasteiger partial charge on any atom is 0.126 e. The van der Waals surface area contributed by atoms with E-state index in [1.165, 1.54) is 6.07 Å². The van der Waals surface area contributed by atoms with E-state index in [1.54, 1.807) is 37.3 Å². The molecule has 1 atom stereocenters. The van der Waals surface area contributed by atoms with Crippen molar-refractivity contribution in [1.29, 1.82) is 0 Å². The van der Waals surface area contributed by atoms with E-state index < -0.39 is 5.60 Å². The van der Waals surface area contributed by atoms with Gasteiger partial charge >= 0.3 is 0 Å². The Morgan fingerprint density at radius 1 is 1.24 bits per heavy atom. The Balaban J connectivity index is 1.92. The summed E-state index contributed by atoms with van der Waals surface area (Å²) in [5.41, 5.74) is 0.949. The fourth-order valence-corrected chi connectivity index (χ4v) is 3.44. The van der Waals surface area contributed by atoms with Crippen LogP contribution in [0.1, 0.15) is 23.1 Å². The van der Waals surface area contributed by atoms with Gasteiger partial charge in [-0.2, -0.15) is 0 Å². The van der Waals surface area contributed by atoms with Crippen molar-refractivity contribution < 1.29 is 9.50 Å². The van der Waals surface area contributed by atoms with Gasteiger partial charge < -0.3 is 5.11 Å². The van der Waals surface area contributed by atoms with Gasteiger partial charge in [0.1, 0.15) is 5.82 Å². The molecule has 4 heteroatoms. The summed E-state index contributed by atoms with van der Waals surface area (Å²) in [6, 6.07) is 12.7. The first-order chi connectivity index (χ1) is 9.95. The van der Waals surface area contributed by atoms with Gasteiger partial charge in [0.2, 0.25) is 0 Å². The van der Waals surface area contributed by atoms with E-state index in [2.05, 4.69) is 4.98 Å². The van der Waals surface area contributed by atoms with E-state index in [1.807, 2.05) is 24.3 Å². The highest BCUT2D eigenvalue weighted by molar-refractivity contribution is 7.18. The van der Waals surface area contributed by atoms with Crippen molar-refractivity contribution in [3.8, 4) is 0 Å². The van der Waals surface area contributed by atoms with Crippen molar-refractivity contribution in [2.24, 2.45) is 0 Å². The molecule has 0 aliphatic rings. The number of para-hydroxylation sites is 1. The summed E-state index contributed by atoms with van der Waals surface area (Å²) in [4.78, 5) is 4.53. The monoisotopic (exact) mass is 301 g/mol. The normalized spacial score (nSPS) is 14.3. The number of aliphatic hydroxyl groups is 1. The molecule has 21 heavy (non-hydrogen) atoms. The van der Waals surface area contributed by atoms with Gasteiger partial charge in [-0.15, -0.1) is 11.3 Å². The number of thiazole rings is 1. The molecule has 0 saturated heterocycles. The molecule has 1 N–H and O–H groups in total. The van der Waals surface area contributed by atoms with Crippen molar-refractivity contribution in [2.45, 2.75) is 25.9 Å². The summed E-state index contributed by atoms with van der Waals surface area (Å²) in [5.74, 6) is -0.294. The Hall–Kier alpha value is -1.78. The zero-order valence-corrected chi connectivity index (χ0v) is 12.7. The number of rotatable bonds is 3. The number of halogens is 1. The quantitative estimate of drug-likeness (QED) is 0.786. The molecule has 2 nitrogen and oxygen atoms in total. The number of nitrogens with zero attached hydrogens (tertiary/aromatic N) is 1. The van der Waals surface area contributed by atoms with Crippen molar-refractivity contribution in [1.82, 2.24) is 4.98 Å². The number of hydrogen-bond acceptors (Lipinski definition) is 3. The molecule has 0 amide bonds. The minimum absolute atomic E-state index is 0.294. The molecule has 1 unspecified atom stereocenters. The minimum Gasteiger partial charge on any atom is -0.385 e. The van der Waals surface area contributed by atoms with E-state index in [0.29, 0.717) is 17.5 Å². The second-order valence-electron chi connectivity index (χ2n) is 5.49. The highest BCUT2D eigenvalue weighted by atomic mass is 32.1. The standard InChI is InChI=1S/C17H16FNOS/c1-11-7-8-12(9-13(11)18)17(2,20)10-16-19-14-5-3-4-6-15(14)21-16/h3-9,20H,10H2,1-2H3. The molecular formula is C17H16FNOS. The highest BCUT2D eigenvalue weighted by Crippen LogP contribution is 2.30. The number of fused-ring (bicyclic) bond motifs is 1. The van der Waals surface area contributed by atoms with Crippen LogP contribution in [0.2, 0.25) is 0 Å². The van der Waals surface area contributed by atoms with Crippen LogP contribution >= 0.6 is 11.3 Å². The average Bonchev–Trinajstić information content (AvgIpc) is 2.82. The van der Waals surface area contributed by atoms with Gasteiger partial charge in [0.15, 0.2) is 0 Å². The lowest BCUT2D eigenvalue weighted by Gasteiger charge is -2.23. The van der Waals surface area contributed by atoms with Gasteiger partial charge in [0.25, 0.3) is 0 Å². The summed E-state index contributed by atoms with van der Waals surface area (Å²) in [6.45, 7) is 3.41. The topological polar surface area (TPSA) is 33.1 Å². The lowest BCUT2D eigenvalue weighted by Crippen LogP contribution is -2.24. The first-order valence-electron chi connectivity index (χ1n) is 6.79. The molecule has 0 radical (unpaired) electrons. The number of hydrogen-bond donors (Lipinski definition) is 1. The fourth-order valence-electron chi connectivity index (χ4n) is 2.32. The van der Waals surface area contributed by atoms with Crippen molar-refractivity contribution >= 4 is 21.6 Å². The van der Waals surface area contributed by atoms with Crippen LogP contribution < -0.4 is 0 Å². The fraction of sp³-hybridized carbons (Fsp3) is 0.235. The summed E-state index contributed by atoms with van der Waals surface area (Å²) in [6.07, 6.45) is 0.370. The maximum atomic E-state index is 13.7. The van der Waals surface area contributed by atoms with Crippen molar-refractivity contribution in [3.63, 3.8) is 0 Å². The van der Waals surface area contributed by atoms with Gasteiger partial charge in [-0.3, -0.25) is 0 Å². The van der Waals surface area contributed by atoms with Gasteiger partial charge in [0.05, 0.1) is 20.8 Å². The Bertz CT molecular complexity index is 761. The van der Waals surface area contributed by atoms with Crippen LogP contribution in [0.15, 0.2) is 42.5 Å². The third kappa shape index (κ3) is 2.82. The summed E-state index contributed by atoms with van der Waals surface area (Å²) in [5, 5.41) is 11.5. The molecule has 1 heterocycles. The van der Waals surface area contributed by atoms with E-state index in [9.17, 15) is 9.50 Å². The third-order valence-electron chi connectivity index (χ3n) is 3.63. The molecule has 3 rings (SSSR count). The van der Waals surface area contributed by atoms with E-state index in [4.69, 9.17) is 0 Å². The van der Waals surface area contributed by atoms with Gasteiger partial charge in [0, 0.05) is 6.42 Å². The molecule has 0 aliphatic carbocycles. The second kappa shape index (κ2) is 5.20. The molecule has 0 bridgehead atoms. The lowest BCUT2D eigenvalue weighted by atomic mass is 9.92. The Kier molecular flexibility index (Phi) is 3.51. The molecule has 2 aromatic carbocycles.